The lowest BCUT2D eigenvalue weighted by Gasteiger charge is -2.14. The second kappa shape index (κ2) is 9.25. The van der Waals surface area contributed by atoms with Crippen LogP contribution in [-0.4, -0.2) is 21.4 Å². The molecule has 0 radical (unpaired) electrons. The predicted octanol–water partition coefficient (Wildman–Crippen LogP) is 5.63. The summed E-state index contributed by atoms with van der Waals surface area (Å²) in [7, 11) is 0. The van der Waals surface area contributed by atoms with Crippen LogP contribution in [0.25, 0.3) is 11.1 Å². The van der Waals surface area contributed by atoms with Gasteiger partial charge >= 0.3 is 0 Å². The minimum Gasteiger partial charge on any atom is -0.289 e. The molecule has 0 aliphatic rings. The van der Waals surface area contributed by atoms with Gasteiger partial charge in [-0.15, -0.1) is 0 Å². The van der Waals surface area contributed by atoms with E-state index in [1.165, 1.54) is 42.5 Å². The molecule has 0 heterocycles. The van der Waals surface area contributed by atoms with E-state index < -0.39 is 21.4 Å². The van der Waals surface area contributed by atoms with Gasteiger partial charge in [-0.1, -0.05) is 72.8 Å². The molecule has 0 spiro atoms. The van der Waals surface area contributed by atoms with E-state index in [4.69, 9.17) is 0 Å². The van der Waals surface area contributed by atoms with Crippen LogP contribution in [-0.2, 0) is 0 Å². The van der Waals surface area contributed by atoms with Gasteiger partial charge in [0, 0.05) is 46.5 Å². The fourth-order valence-corrected chi connectivity index (χ4v) is 3.67. The molecule has 34 heavy (non-hydrogen) atoms. The Morgan fingerprint density at radius 1 is 0.588 bits per heavy atom. The van der Waals surface area contributed by atoms with Gasteiger partial charge in [-0.25, -0.2) is 0 Å². The monoisotopic (exact) mass is 452 g/mol. The summed E-state index contributed by atoms with van der Waals surface area (Å²) < 4.78 is 0. The maximum Gasteiger partial charge on any atom is 0.270 e. The average Bonchev–Trinajstić information content (AvgIpc) is 2.88. The fraction of sp³-hybridized carbons (Fsp3) is 0. The van der Waals surface area contributed by atoms with E-state index in [-0.39, 0.29) is 33.6 Å². The SMILES string of the molecule is O=C(c1cccc([N+](=O)[O-])c1)c1cccc(-c2ccccc2)c1C(=O)c1cccc([N+](=O)[O-])c1. The Kier molecular flexibility index (Phi) is 6.05. The van der Waals surface area contributed by atoms with Gasteiger partial charge in [0.25, 0.3) is 11.4 Å². The summed E-state index contributed by atoms with van der Waals surface area (Å²) in [5, 5.41) is 22.4. The van der Waals surface area contributed by atoms with E-state index in [0.29, 0.717) is 11.1 Å². The van der Waals surface area contributed by atoms with E-state index in [1.54, 1.807) is 36.4 Å². The number of benzene rings is 4. The summed E-state index contributed by atoms with van der Waals surface area (Å²) in [6, 6.07) is 24.2. The van der Waals surface area contributed by atoms with Gasteiger partial charge in [0.2, 0.25) is 0 Å². The molecule has 4 aromatic rings. The van der Waals surface area contributed by atoms with E-state index in [2.05, 4.69) is 0 Å². The summed E-state index contributed by atoms with van der Waals surface area (Å²) >= 11 is 0. The number of rotatable bonds is 7. The third-order valence-corrected chi connectivity index (χ3v) is 5.26. The van der Waals surface area contributed by atoms with Crippen molar-refractivity contribution in [1.82, 2.24) is 0 Å². The lowest BCUT2D eigenvalue weighted by molar-refractivity contribution is -0.385. The third-order valence-electron chi connectivity index (χ3n) is 5.26. The van der Waals surface area contributed by atoms with E-state index in [1.807, 2.05) is 6.07 Å². The van der Waals surface area contributed by atoms with Gasteiger partial charge in [0.05, 0.1) is 9.85 Å². The molecule has 0 aromatic heterocycles. The van der Waals surface area contributed by atoms with Crippen LogP contribution >= 0.6 is 0 Å². The first-order valence-corrected chi connectivity index (χ1v) is 10.1. The summed E-state index contributed by atoms with van der Waals surface area (Å²) in [4.78, 5) is 48.3. The highest BCUT2D eigenvalue weighted by atomic mass is 16.6. The van der Waals surface area contributed by atoms with Crippen molar-refractivity contribution in [3.63, 3.8) is 0 Å². The largest absolute Gasteiger partial charge is 0.289 e. The molecule has 8 heteroatoms. The van der Waals surface area contributed by atoms with Crippen LogP contribution < -0.4 is 0 Å². The van der Waals surface area contributed by atoms with E-state index in [0.717, 1.165) is 12.1 Å². The molecule has 0 N–H and O–H groups in total. The first-order chi connectivity index (χ1) is 16.4. The maximum absolute atomic E-state index is 13.7. The van der Waals surface area contributed by atoms with Gasteiger partial charge in [0.15, 0.2) is 11.6 Å². The Labute approximate surface area is 193 Å². The molecule has 0 saturated heterocycles. The zero-order valence-corrected chi connectivity index (χ0v) is 17.6. The van der Waals surface area contributed by atoms with Gasteiger partial charge in [-0.3, -0.25) is 29.8 Å². The van der Waals surface area contributed by atoms with E-state index in [9.17, 15) is 29.8 Å². The molecule has 0 aliphatic carbocycles. The molecule has 0 fully saturated rings. The quantitative estimate of drug-likeness (QED) is 0.203. The molecule has 0 amide bonds. The molecule has 0 unspecified atom stereocenters. The first kappa shape index (κ1) is 22.2. The minimum absolute atomic E-state index is 0.0401. The first-order valence-electron chi connectivity index (χ1n) is 10.1. The van der Waals surface area contributed by atoms with Crippen LogP contribution in [0.4, 0.5) is 11.4 Å². The highest BCUT2D eigenvalue weighted by Gasteiger charge is 2.25. The second-order valence-electron chi connectivity index (χ2n) is 7.37. The molecule has 0 bridgehead atoms. The normalized spacial score (nSPS) is 10.5. The van der Waals surface area contributed by atoms with Crippen molar-refractivity contribution < 1.29 is 19.4 Å². The number of nitro groups is 2. The van der Waals surface area contributed by atoms with Crippen molar-refractivity contribution in [2.75, 3.05) is 0 Å². The Morgan fingerprint density at radius 2 is 1.12 bits per heavy atom. The summed E-state index contributed by atoms with van der Waals surface area (Å²) in [5.74, 6) is -1.15. The molecular weight excluding hydrogens is 436 g/mol. The Hall–Kier alpha value is -4.98. The van der Waals surface area contributed by atoms with Crippen molar-refractivity contribution in [2.24, 2.45) is 0 Å². The van der Waals surface area contributed by atoms with E-state index >= 15 is 0 Å². The van der Waals surface area contributed by atoms with Crippen LogP contribution in [0.2, 0.25) is 0 Å². The summed E-state index contributed by atoms with van der Waals surface area (Å²) in [6.07, 6.45) is 0. The van der Waals surface area contributed by atoms with Gasteiger partial charge < -0.3 is 0 Å². The Balaban J connectivity index is 1.93. The molecule has 0 aliphatic heterocycles. The van der Waals surface area contributed by atoms with Crippen molar-refractivity contribution in [3.05, 3.63) is 140 Å². The molecule has 166 valence electrons. The average molecular weight is 452 g/mol. The highest BCUT2D eigenvalue weighted by molar-refractivity contribution is 6.22. The van der Waals surface area contributed by atoms with Crippen LogP contribution in [0.3, 0.4) is 0 Å². The molecule has 0 atom stereocenters. The maximum atomic E-state index is 13.7. The van der Waals surface area contributed by atoms with Crippen LogP contribution in [0, 0.1) is 20.2 Å². The lowest BCUT2D eigenvalue weighted by Crippen LogP contribution is -2.13. The molecule has 8 nitrogen and oxygen atoms in total. The number of hydrogen-bond acceptors (Lipinski definition) is 6. The zero-order chi connectivity index (χ0) is 24.2. The number of ketones is 2. The van der Waals surface area contributed by atoms with Gasteiger partial charge in [-0.05, 0) is 11.1 Å². The standard InChI is InChI=1S/C26H16N2O6/c29-25(18-9-4-11-20(15-18)27(31)32)23-14-6-13-22(17-7-2-1-3-8-17)24(23)26(30)19-10-5-12-21(16-19)28(33)34/h1-16H. The minimum atomic E-state index is -0.605. The third kappa shape index (κ3) is 4.33. The number of hydrogen-bond donors (Lipinski definition) is 0. The molecule has 4 aromatic carbocycles. The molecule has 0 saturated carbocycles. The van der Waals surface area contributed by atoms with Crippen LogP contribution in [0.1, 0.15) is 31.8 Å². The van der Waals surface area contributed by atoms with Gasteiger partial charge in [0.1, 0.15) is 0 Å². The lowest BCUT2D eigenvalue weighted by atomic mass is 9.87. The topological polar surface area (TPSA) is 120 Å². The zero-order valence-electron chi connectivity index (χ0n) is 17.6. The number of non-ortho nitro benzene ring substituents is 2. The Morgan fingerprint density at radius 3 is 1.68 bits per heavy atom. The van der Waals surface area contributed by atoms with Crippen LogP contribution in [0.15, 0.2) is 97.1 Å². The predicted molar refractivity (Wildman–Crippen MR) is 125 cm³/mol. The second-order valence-corrected chi connectivity index (χ2v) is 7.37. The number of nitro benzene ring substituents is 2. The molecular formula is C26H16N2O6. The fourth-order valence-electron chi connectivity index (χ4n) is 3.67. The number of carbonyl (C=O) groups excluding carboxylic acids is 2. The Bertz CT molecular complexity index is 1450. The van der Waals surface area contributed by atoms with Crippen LogP contribution in [0.5, 0.6) is 0 Å². The number of carbonyl (C=O) groups is 2. The van der Waals surface area contributed by atoms with Crippen molar-refractivity contribution >= 4 is 22.9 Å². The van der Waals surface area contributed by atoms with Crippen molar-refractivity contribution in [2.45, 2.75) is 0 Å². The smallest absolute Gasteiger partial charge is 0.270 e. The van der Waals surface area contributed by atoms with Crippen molar-refractivity contribution in [1.29, 1.82) is 0 Å². The summed E-state index contributed by atoms with van der Waals surface area (Å²) in [6.45, 7) is 0. The number of nitrogens with zero attached hydrogens (tertiary/aromatic N) is 2. The summed E-state index contributed by atoms with van der Waals surface area (Å²) in [5.41, 5.74) is 0.826. The molecule has 4 rings (SSSR count). The van der Waals surface area contributed by atoms with Crippen molar-refractivity contribution in [3.8, 4) is 11.1 Å². The highest BCUT2D eigenvalue weighted by Crippen LogP contribution is 2.31. The van der Waals surface area contributed by atoms with Gasteiger partial charge in [-0.2, -0.15) is 0 Å².